The highest BCUT2D eigenvalue weighted by Gasteiger charge is 2.29. The number of rotatable bonds is 3. The molecule has 0 saturated heterocycles. The molecule has 6 heteroatoms. The van der Waals surface area contributed by atoms with Crippen LogP contribution in [0.2, 0.25) is 0 Å². The van der Waals surface area contributed by atoms with E-state index in [1.54, 1.807) is 6.07 Å². The summed E-state index contributed by atoms with van der Waals surface area (Å²) in [5, 5.41) is 0. The summed E-state index contributed by atoms with van der Waals surface area (Å²) in [7, 11) is 0. The summed E-state index contributed by atoms with van der Waals surface area (Å²) >= 11 is 0. The third-order valence-electron chi connectivity index (χ3n) is 2.19. The van der Waals surface area contributed by atoms with Crippen LogP contribution in [0.3, 0.4) is 0 Å². The Hall–Kier alpha value is -2.11. The first kappa shape index (κ1) is 12.3. The fraction of sp³-hybridized carbons (Fsp3) is 0.167. The van der Waals surface area contributed by atoms with E-state index in [0.29, 0.717) is 5.56 Å². The summed E-state index contributed by atoms with van der Waals surface area (Å²) in [6.45, 7) is 0.127. The van der Waals surface area contributed by atoms with Gasteiger partial charge in [0.05, 0.1) is 5.56 Å². The van der Waals surface area contributed by atoms with Crippen LogP contribution >= 0.6 is 0 Å². The zero-order valence-electron chi connectivity index (χ0n) is 9.19. The molecule has 3 nitrogen and oxygen atoms in total. The van der Waals surface area contributed by atoms with Crippen LogP contribution in [0.15, 0.2) is 42.7 Å². The zero-order valence-corrected chi connectivity index (χ0v) is 9.19. The first-order valence-electron chi connectivity index (χ1n) is 5.11. The van der Waals surface area contributed by atoms with Crippen molar-refractivity contribution in [1.82, 2.24) is 9.97 Å². The second-order valence-corrected chi connectivity index (χ2v) is 3.51. The monoisotopic (exact) mass is 254 g/mol. The molecule has 1 aromatic carbocycles. The molecule has 2 aromatic rings. The lowest BCUT2D eigenvalue weighted by atomic mass is 10.1. The normalized spacial score (nSPS) is 11.3. The number of aromatic nitrogens is 2. The van der Waals surface area contributed by atoms with Crippen LogP contribution < -0.4 is 4.74 Å². The SMILES string of the molecule is FC(F)(F)c1ccc(COc2ncccn2)cc1. The average molecular weight is 254 g/mol. The van der Waals surface area contributed by atoms with Crippen molar-refractivity contribution < 1.29 is 17.9 Å². The molecule has 1 aromatic heterocycles. The van der Waals surface area contributed by atoms with Crippen molar-refractivity contribution >= 4 is 0 Å². The molecule has 0 saturated carbocycles. The fourth-order valence-electron chi connectivity index (χ4n) is 1.30. The van der Waals surface area contributed by atoms with Crippen molar-refractivity contribution in [2.45, 2.75) is 12.8 Å². The van der Waals surface area contributed by atoms with Gasteiger partial charge in [-0.25, -0.2) is 9.97 Å². The summed E-state index contributed by atoms with van der Waals surface area (Å²) in [6, 6.07) is 6.61. The summed E-state index contributed by atoms with van der Waals surface area (Å²) in [5.41, 5.74) is -0.0577. The summed E-state index contributed by atoms with van der Waals surface area (Å²) in [5.74, 6) is 0. The predicted octanol–water partition coefficient (Wildman–Crippen LogP) is 3.07. The number of nitrogens with zero attached hydrogens (tertiary/aromatic N) is 2. The Balaban J connectivity index is 1.99. The van der Waals surface area contributed by atoms with Gasteiger partial charge in [-0.2, -0.15) is 13.2 Å². The smallest absolute Gasteiger partial charge is 0.416 e. The van der Waals surface area contributed by atoms with Gasteiger partial charge < -0.3 is 4.74 Å². The number of hydrogen-bond donors (Lipinski definition) is 0. The van der Waals surface area contributed by atoms with E-state index < -0.39 is 11.7 Å². The molecule has 0 bridgehead atoms. The maximum absolute atomic E-state index is 12.3. The van der Waals surface area contributed by atoms with E-state index in [1.165, 1.54) is 24.5 Å². The molecule has 1 heterocycles. The van der Waals surface area contributed by atoms with Gasteiger partial charge >= 0.3 is 12.2 Å². The fourth-order valence-corrected chi connectivity index (χ4v) is 1.30. The second-order valence-electron chi connectivity index (χ2n) is 3.51. The first-order valence-corrected chi connectivity index (χ1v) is 5.11. The van der Waals surface area contributed by atoms with Crippen LogP contribution in [0, 0.1) is 0 Å². The van der Waals surface area contributed by atoms with Crippen LogP contribution in [0.4, 0.5) is 13.2 Å². The van der Waals surface area contributed by atoms with Crippen LogP contribution in [0.1, 0.15) is 11.1 Å². The van der Waals surface area contributed by atoms with Gasteiger partial charge in [0.25, 0.3) is 0 Å². The molecule has 0 unspecified atom stereocenters. The van der Waals surface area contributed by atoms with Crippen LogP contribution in [0.25, 0.3) is 0 Å². The number of benzene rings is 1. The molecule has 0 amide bonds. The zero-order chi connectivity index (χ0) is 13.0. The van der Waals surface area contributed by atoms with Crippen LogP contribution in [-0.2, 0) is 12.8 Å². The number of alkyl halides is 3. The van der Waals surface area contributed by atoms with Gasteiger partial charge in [-0.1, -0.05) is 12.1 Å². The minimum absolute atomic E-state index is 0.127. The highest BCUT2D eigenvalue weighted by atomic mass is 19.4. The molecule has 94 valence electrons. The van der Waals surface area contributed by atoms with Gasteiger partial charge in [-0.3, -0.25) is 0 Å². The number of hydrogen-bond acceptors (Lipinski definition) is 3. The Kier molecular flexibility index (Phi) is 3.45. The van der Waals surface area contributed by atoms with E-state index in [1.807, 2.05) is 0 Å². The molecule has 18 heavy (non-hydrogen) atoms. The molecule has 0 atom stereocenters. The lowest BCUT2D eigenvalue weighted by molar-refractivity contribution is -0.137. The van der Waals surface area contributed by atoms with E-state index in [9.17, 15) is 13.2 Å². The minimum Gasteiger partial charge on any atom is -0.459 e. The number of ether oxygens (including phenoxy) is 1. The van der Waals surface area contributed by atoms with Crippen molar-refractivity contribution in [2.75, 3.05) is 0 Å². The van der Waals surface area contributed by atoms with Gasteiger partial charge in [-0.15, -0.1) is 0 Å². The van der Waals surface area contributed by atoms with Crippen molar-refractivity contribution in [3.63, 3.8) is 0 Å². The van der Waals surface area contributed by atoms with Gasteiger partial charge in [0.1, 0.15) is 6.61 Å². The first-order chi connectivity index (χ1) is 8.55. The maximum atomic E-state index is 12.3. The van der Waals surface area contributed by atoms with Crippen molar-refractivity contribution in [2.24, 2.45) is 0 Å². The van der Waals surface area contributed by atoms with Gasteiger partial charge in [0.2, 0.25) is 0 Å². The molecule has 0 spiro atoms. The maximum Gasteiger partial charge on any atom is 0.416 e. The Labute approximate surface area is 101 Å². The largest absolute Gasteiger partial charge is 0.459 e. The molecule has 0 fully saturated rings. The Bertz CT molecular complexity index is 497. The van der Waals surface area contributed by atoms with E-state index >= 15 is 0 Å². The van der Waals surface area contributed by atoms with E-state index in [-0.39, 0.29) is 12.6 Å². The highest BCUT2D eigenvalue weighted by Crippen LogP contribution is 2.29. The molecule has 0 aliphatic carbocycles. The summed E-state index contributed by atoms with van der Waals surface area (Å²) in [4.78, 5) is 7.67. The lowest BCUT2D eigenvalue weighted by Crippen LogP contribution is -2.05. The summed E-state index contributed by atoms with van der Waals surface area (Å²) < 4.78 is 42.2. The van der Waals surface area contributed by atoms with Crippen molar-refractivity contribution in [1.29, 1.82) is 0 Å². The van der Waals surface area contributed by atoms with E-state index in [4.69, 9.17) is 4.74 Å². The van der Waals surface area contributed by atoms with E-state index in [2.05, 4.69) is 9.97 Å². The molecule has 0 aliphatic heterocycles. The molecule has 2 rings (SSSR count). The topological polar surface area (TPSA) is 35.0 Å². The average Bonchev–Trinajstić information content (AvgIpc) is 2.37. The molecular weight excluding hydrogens is 245 g/mol. The third-order valence-corrected chi connectivity index (χ3v) is 2.19. The van der Waals surface area contributed by atoms with Crippen LogP contribution in [-0.4, -0.2) is 9.97 Å². The number of halogens is 3. The Morgan fingerprint density at radius 2 is 1.61 bits per heavy atom. The Morgan fingerprint density at radius 1 is 1.00 bits per heavy atom. The van der Waals surface area contributed by atoms with E-state index in [0.717, 1.165) is 12.1 Å². The summed E-state index contributed by atoms with van der Waals surface area (Å²) in [6.07, 6.45) is -1.27. The van der Waals surface area contributed by atoms with Crippen molar-refractivity contribution in [3.8, 4) is 6.01 Å². The lowest BCUT2D eigenvalue weighted by Gasteiger charge is -2.08. The van der Waals surface area contributed by atoms with Crippen molar-refractivity contribution in [3.05, 3.63) is 53.9 Å². The van der Waals surface area contributed by atoms with Gasteiger partial charge in [0, 0.05) is 12.4 Å². The highest BCUT2D eigenvalue weighted by molar-refractivity contribution is 5.24. The van der Waals surface area contributed by atoms with Gasteiger partial charge in [0.15, 0.2) is 0 Å². The standard InChI is InChI=1S/C12H9F3N2O/c13-12(14,15)10-4-2-9(3-5-10)8-18-11-16-6-1-7-17-11/h1-7H,8H2. The van der Waals surface area contributed by atoms with Crippen LogP contribution in [0.5, 0.6) is 6.01 Å². The molecule has 0 N–H and O–H groups in total. The Morgan fingerprint density at radius 3 is 2.17 bits per heavy atom. The molecule has 0 radical (unpaired) electrons. The second kappa shape index (κ2) is 5.03. The van der Waals surface area contributed by atoms with Gasteiger partial charge in [-0.05, 0) is 23.8 Å². The molecule has 0 aliphatic rings. The quantitative estimate of drug-likeness (QED) is 0.844. The minimum atomic E-state index is -4.32. The third kappa shape index (κ3) is 3.19. The molecular formula is C12H9F3N2O. The predicted molar refractivity (Wildman–Crippen MR) is 57.8 cm³/mol.